The fourth-order valence-corrected chi connectivity index (χ4v) is 1.31. The van der Waals surface area contributed by atoms with Crippen molar-refractivity contribution in [1.82, 2.24) is 5.32 Å². The highest BCUT2D eigenvalue weighted by atomic mass is 16.2. The Morgan fingerprint density at radius 1 is 1.27 bits per heavy atom. The number of hydrogen-bond donors (Lipinski definition) is 3. The van der Waals surface area contributed by atoms with Crippen LogP contribution in [0.5, 0.6) is 0 Å². The lowest BCUT2D eigenvalue weighted by Gasteiger charge is -2.11. The first kappa shape index (κ1) is 13.9. The SMILES string of the molecule is CC(CC(N)=O)NC(=O)CCCCCN. The van der Waals surface area contributed by atoms with E-state index >= 15 is 0 Å². The topological polar surface area (TPSA) is 98.2 Å². The van der Waals surface area contributed by atoms with Crippen LogP contribution in [-0.2, 0) is 9.59 Å². The lowest BCUT2D eigenvalue weighted by Crippen LogP contribution is -2.35. The van der Waals surface area contributed by atoms with Gasteiger partial charge in [-0.05, 0) is 26.3 Å². The Labute approximate surface area is 90.6 Å². The molecule has 0 rings (SSSR count). The fraction of sp³-hybridized carbons (Fsp3) is 0.800. The molecule has 5 N–H and O–H groups in total. The van der Waals surface area contributed by atoms with Gasteiger partial charge in [-0.25, -0.2) is 0 Å². The summed E-state index contributed by atoms with van der Waals surface area (Å²) in [5.41, 5.74) is 10.3. The molecule has 1 unspecified atom stereocenters. The van der Waals surface area contributed by atoms with E-state index in [1.165, 1.54) is 0 Å². The first-order valence-electron chi connectivity index (χ1n) is 5.34. The third-order valence-electron chi connectivity index (χ3n) is 2.02. The summed E-state index contributed by atoms with van der Waals surface area (Å²) in [4.78, 5) is 21.9. The van der Waals surface area contributed by atoms with Crippen LogP contribution in [0.2, 0.25) is 0 Å². The Hall–Kier alpha value is -1.10. The maximum atomic E-state index is 11.3. The van der Waals surface area contributed by atoms with Gasteiger partial charge in [0.15, 0.2) is 0 Å². The molecule has 0 aliphatic rings. The third-order valence-corrected chi connectivity index (χ3v) is 2.02. The number of nitrogens with two attached hydrogens (primary N) is 2. The molecular formula is C10H21N3O2. The number of unbranched alkanes of at least 4 members (excludes halogenated alkanes) is 2. The maximum absolute atomic E-state index is 11.3. The van der Waals surface area contributed by atoms with E-state index in [0.29, 0.717) is 13.0 Å². The van der Waals surface area contributed by atoms with Crippen molar-refractivity contribution in [3.05, 3.63) is 0 Å². The molecule has 88 valence electrons. The summed E-state index contributed by atoms with van der Waals surface area (Å²) in [7, 11) is 0. The third kappa shape index (κ3) is 9.21. The second-order valence-electron chi connectivity index (χ2n) is 3.74. The molecule has 5 nitrogen and oxygen atoms in total. The molecule has 0 saturated carbocycles. The highest BCUT2D eigenvalue weighted by molar-refractivity contribution is 5.78. The van der Waals surface area contributed by atoms with Crippen molar-refractivity contribution < 1.29 is 9.59 Å². The molecule has 0 aromatic heterocycles. The van der Waals surface area contributed by atoms with Gasteiger partial charge >= 0.3 is 0 Å². The van der Waals surface area contributed by atoms with Crippen LogP contribution >= 0.6 is 0 Å². The van der Waals surface area contributed by atoms with Gasteiger partial charge in [0, 0.05) is 18.9 Å². The number of primary amides is 1. The van der Waals surface area contributed by atoms with E-state index in [4.69, 9.17) is 11.5 Å². The van der Waals surface area contributed by atoms with Crippen LogP contribution in [0.3, 0.4) is 0 Å². The Bertz CT molecular complexity index is 207. The zero-order chi connectivity index (χ0) is 11.7. The number of rotatable bonds is 8. The van der Waals surface area contributed by atoms with Crippen molar-refractivity contribution in [3.63, 3.8) is 0 Å². The molecule has 5 heteroatoms. The van der Waals surface area contributed by atoms with E-state index in [-0.39, 0.29) is 18.4 Å². The highest BCUT2D eigenvalue weighted by Crippen LogP contribution is 1.99. The van der Waals surface area contributed by atoms with Gasteiger partial charge in [-0.2, -0.15) is 0 Å². The minimum atomic E-state index is -0.397. The van der Waals surface area contributed by atoms with Crippen molar-refractivity contribution in [3.8, 4) is 0 Å². The van der Waals surface area contributed by atoms with Gasteiger partial charge in [0.05, 0.1) is 0 Å². The van der Waals surface area contributed by atoms with Gasteiger partial charge in [-0.1, -0.05) is 6.42 Å². The van der Waals surface area contributed by atoms with Crippen LogP contribution in [0.15, 0.2) is 0 Å². The molecule has 0 aliphatic carbocycles. The summed E-state index contributed by atoms with van der Waals surface area (Å²) in [5, 5.41) is 2.72. The van der Waals surface area contributed by atoms with E-state index in [1.807, 2.05) is 0 Å². The van der Waals surface area contributed by atoms with Crippen LogP contribution in [-0.4, -0.2) is 24.4 Å². The van der Waals surface area contributed by atoms with Crippen LogP contribution < -0.4 is 16.8 Å². The van der Waals surface area contributed by atoms with Gasteiger partial charge in [0.25, 0.3) is 0 Å². The summed E-state index contributed by atoms with van der Waals surface area (Å²) >= 11 is 0. The minimum Gasteiger partial charge on any atom is -0.370 e. The molecule has 1 atom stereocenters. The molecule has 0 aliphatic heterocycles. The summed E-state index contributed by atoms with van der Waals surface area (Å²) in [6.45, 7) is 2.43. The molecule has 0 saturated heterocycles. The summed E-state index contributed by atoms with van der Waals surface area (Å²) in [6, 6.07) is -0.176. The second kappa shape index (κ2) is 8.23. The second-order valence-corrected chi connectivity index (χ2v) is 3.74. The predicted molar refractivity (Wildman–Crippen MR) is 58.9 cm³/mol. The Morgan fingerprint density at radius 3 is 2.47 bits per heavy atom. The summed E-state index contributed by atoms with van der Waals surface area (Å²) in [5.74, 6) is -0.424. The molecule has 2 amide bonds. The van der Waals surface area contributed by atoms with Crippen LogP contribution in [0.1, 0.15) is 39.0 Å². The Kier molecular flexibility index (Phi) is 7.62. The van der Waals surface area contributed by atoms with Crippen LogP contribution in [0.25, 0.3) is 0 Å². The number of amides is 2. The van der Waals surface area contributed by atoms with Gasteiger partial charge in [0.1, 0.15) is 0 Å². The largest absolute Gasteiger partial charge is 0.370 e. The molecule has 15 heavy (non-hydrogen) atoms. The lowest BCUT2D eigenvalue weighted by atomic mass is 10.1. The average molecular weight is 215 g/mol. The molecule has 0 radical (unpaired) electrons. The zero-order valence-electron chi connectivity index (χ0n) is 9.29. The quantitative estimate of drug-likeness (QED) is 0.492. The lowest BCUT2D eigenvalue weighted by molar-refractivity contribution is -0.122. The summed E-state index contributed by atoms with van der Waals surface area (Å²) in [6.07, 6.45) is 3.43. The monoisotopic (exact) mass is 215 g/mol. The molecular weight excluding hydrogens is 194 g/mol. The smallest absolute Gasteiger partial charge is 0.220 e. The van der Waals surface area contributed by atoms with E-state index in [2.05, 4.69) is 5.32 Å². The van der Waals surface area contributed by atoms with Gasteiger partial charge in [0.2, 0.25) is 11.8 Å². The van der Waals surface area contributed by atoms with Gasteiger partial charge < -0.3 is 16.8 Å². The van der Waals surface area contributed by atoms with Gasteiger partial charge in [-0.15, -0.1) is 0 Å². The molecule has 0 aromatic carbocycles. The Morgan fingerprint density at radius 2 is 1.93 bits per heavy atom. The van der Waals surface area contributed by atoms with E-state index in [9.17, 15) is 9.59 Å². The van der Waals surface area contributed by atoms with Crippen LogP contribution in [0.4, 0.5) is 0 Å². The molecule has 0 heterocycles. The molecule has 0 aromatic rings. The average Bonchev–Trinajstić information content (AvgIpc) is 2.10. The minimum absolute atomic E-state index is 0.0271. The van der Waals surface area contributed by atoms with Gasteiger partial charge in [-0.3, -0.25) is 9.59 Å². The number of hydrogen-bond acceptors (Lipinski definition) is 3. The van der Waals surface area contributed by atoms with Crippen molar-refractivity contribution in [2.75, 3.05) is 6.54 Å². The fourth-order valence-electron chi connectivity index (χ4n) is 1.31. The Balaban J connectivity index is 3.51. The summed E-state index contributed by atoms with van der Waals surface area (Å²) < 4.78 is 0. The predicted octanol–water partition coefficient (Wildman–Crippen LogP) is -0.114. The number of nitrogens with one attached hydrogen (secondary N) is 1. The zero-order valence-corrected chi connectivity index (χ0v) is 9.29. The normalized spacial score (nSPS) is 12.1. The first-order chi connectivity index (χ1) is 7.06. The van der Waals surface area contributed by atoms with Crippen molar-refractivity contribution in [1.29, 1.82) is 0 Å². The van der Waals surface area contributed by atoms with Crippen molar-refractivity contribution >= 4 is 11.8 Å². The molecule has 0 spiro atoms. The van der Waals surface area contributed by atoms with Crippen molar-refractivity contribution in [2.45, 2.75) is 45.1 Å². The van der Waals surface area contributed by atoms with E-state index in [1.54, 1.807) is 6.92 Å². The highest BCUT2D eigenvalue weighted by Gasteiger charge is 2.08. The maximum Gasteiger partial charge on any atom is 0.220 e. The van der Waals surface area contributed by atoms with E-state index < -0.39 is 5.91 Å². The van der Waals surface area contributed by atoms with Crippen molar-refractivity contribution in [2.24, 2.45) is 11.5 Å². The molecule has 0 fully saturated rings. The molecule has 0 bridgehead atoms. The standard InChI is InChI=1S/C10H21N3O2/c1-8(7-9(12)14)13-10(15)5-3-2-4-6-11/h8H,2-7,11H2,1H3,(H2,12,14)(H,13,15). The van der Waals surface area contributed by atoms with E-state index in [0.717, 1.165) is 19.3 Å². The van der Waals surface area contributed by atoms with Crippen LogP contribution in [0, 0.1) is 0 Å². The first-order valence-corrected chi connectivity index (χ1v) is 5.34. The number of carbonyl (C=O) groups excluding carboxylic acids is 2. The number of carbonyl (C=O) groups is 2.